The fraction of sp³-hybridized carbons (Fsp3) is 0.818. The molecule has 0 saturated heterocycles. The van der Waals surface area contributed by atoms with Crippen LogP contribution in [0.4, 0.5) is 0 Å². The van der Waals surface area contributed by atoms with Crippen molar-refractivity contribution in [2.24, 2.45) is 0 Å². The third-order valence-corrected chi connectivity index (χ3v) is 16.7. The van der Waals surface area contributed by atoms with E-state index in [0.717, 1.165) is 12.8 Å². The molecule has 0 bridgehead atoms. The molecule has 3 unspecified atom stereocenters. The first kappa shape index (κ1) is 32.8. The highest BCUT2D eigenvalue weighted by Gasteiger charge is 2.67. The van der Waals surface area contributed by atoms with Gasteiger partial charge in [-0.05, 0) is 37.1 Å². The van der Waals surface area contributed by atoms with E-state index in [1.165, 1.54) is 21.3 Å². The van der Waals surface area contributed by atoms with Crippen LogP contribution in [-0.4, -0.2) is 79.3 Å². The molecular weight excluding hydrogens is 476 g/mol. The van der Waals surface area contributed by atoms with Crippen LogP contribution in [0, 0.1) is 0 Å². The molecule has 33 heavy (non-hydrogen) atoms. The largest absolute Gasteiger partial charge is 0.679 e. The minimum Gasteiger partial charge on any atom is -0.393 e. The Morgan fingerprint density at radius 3 is 1.18 bits per heavy atom. The van der Waals surface area contributed by atoms with Crippen molar-refractivity contribution in [3.8, 4) is 0 Å². The zero-order chi connectivity index (χ0) is 25.8. The summed E-state index contributed by atoms with van der Waals surface area (Å²) in [5.41, 5.74) is 3.58. The summed E-state index contributed by atoms with van der Waals surface area (Å²) in [5, 5.41) is -1.68. The highest BCUT2D eigenvalue weighted by atomic mass is 28.4. The van der Waals surface area contributed by atoms with Crippen LogP contribution in [0.3, 0.4) is 0 Å². The molecule has 0 rings (SSSR count). The van der Waals surface area contributed by atoms with Crippen molar-refractivity contribution in [1.29, 1.82) is 0 Å². The van der Waals surface area contributed by atoms with Crippen molar-refractivity contribution in [2.75, 3.05) is 42.7 Å². The second kappa shape index (κ2) is 14.4. The lowest BCUT2D eigenvalue weighted by molar-refractivity contribution is -0.0742. The van der Waals surface area contributed by atoms with Gasteiger partial charge in [0.05, 0.1) is 0 Å². The summed E-state index contributed by atoms with van der Waals surface area (Å²) in [5.74, 6) is 0. The Morgan fingerprint density at radius 2 is 0.939 bits per heavy atom. The van der Waals surface area contributed by atoms with E-state index < -0.39 is 36.6 Å². The Morgan fingerprint density at radius 1 is 0.576 bits per heavy atom. The molecule has 0 amide bonds. The van der Waals surface area contributed by atoms with Crippen molar-refractivity contribution in [2.45, 2.75) is 76.7 Å². The number of hydrogen-bond donors (Lipinski definition) is 0. The average molecular weight is 525 g/mol. The first-order valence-corrected chi connectivity index (χ1v) is 17.0. The van der Waals surface area contributed by atoms with Crippen molar-refractivity contribution >= 4 is 26.2 Å². The average Bonchev–Trinajstić information content (AvgIpc) is 2.86. The highest BCUT2D eigenvalue weighted by Crippen LogP contribution is 2.45. The van der Waals surface area contributed by atoms with Gasteiger partial charge in [0.25, 0.3) is 0 Å². The molecule has 0 aliphatic heterocycles. The van der Waals surface area contributed by atoms with Gasteiger partial charge in [-0.3, -0.25) is 0 Å². The summed E-state index contributed by atoms with van der Waals surface area (Å²) in [6.07, 6.45) is 4.22. The van der Waals surface area contributed by atoms with Crippen LogP contribution in [0.5, 0.6) is 0 Å². The summed E-state index contributed by atoms with van der Waals surface area (Å²) >= 11 is 0. The van der Waals surface area contributed by atoms with E-state index in [-0.39, 0.29) is 0 Å². The van der Waals surface area contributed by atoms with Crippen LogP contribution in [-0.2, 0) is 35.4 Å². The van der Waals surface area contributed by atoms with Gasteiger partial charge in [-0.25, -0.2) is 0 Å². The van der Waals surface area contributed by atoms with E-state index in [0.29, 0.717) is 25.7 Å². The number of rotatable bonds is 20. The predicted molar refractivity (Wildman–Crippen MR) is 138 cm³/mol. The van der Waals surface area contributed by atoms with Gasteiger partial charge >= 0.3 is 26.2 Å². The van der Waals surface area contributed by atoms with Crippen molar-refractivity contribution in [3.63, 3.8) is 0 Å². The van der Waals surface area contributed by atoms with E-state index in [2.05, 4.69) is 33.9 Å². The molecule has 11 heteroatoms. The Balaban J connectivity index is 7.14. The molecular formula is C22H48O8Si3. The summed E-state index contributed by atoms with van der Waals surface area (Å²) in [4.78, 5) is 0. The van der Waals surface area contributed by atoms with E-state index in [9.17, 15) is 0 Å². The lowest BCUT2D eigenvalue weighted by Gasteiger charge is -2.53. The molecule has 0 N–H and O–H groups in total. The normalized spacial score (nSPS) is 18.2. The zero-order valence-electron chi connectivity index (χ0n) is 22.6. The predicted octanol–water partition coefficient (Wildman–Crippen LogP) is 4.64. The molecule has 8 nitrogen and oxygen atoms in total. The molecule has 0 aromatic carbocycles. The highest BCUT2D eigenvalue weighted by molar-refractivity contribution is 6.80. The van der Waals surface area contributed by atoms with Gasteiger partial charge in [0.15, 0.2) is 0 Å². The third-order valence-electron chi connectivity index (χ3n) is 6.58. The first-order valence-electron chi connectivity index (χ1n) is 11.6. The van der Waals surface area contributed by atoms with Crippen LogP contribution >= 0.6 is 0 Å². The standard InChI is InChI=1S/C22H48O8Si3/c1-13-19-21(15-3,31(17-5,23-7)24-8)29-32(18-6,25-9)22(16-4,20-14-2)30-33(26-10,27-11)28-12/h17-18H,5-6,13-16,19-20H2,1-4,7-12H3. The van der Waals surface area contributed by atoms with Crippen LogP contribution in [0.15, 0.2) is 24.6 Å². The van der Waals surface area contributed by atoms with E-state index in [1.54, 1.807) is 32.7 Å². The first-order chi connectivity index (χ1) is 15.6. The quantitative estimate of drug-likeness (QED) is 0.213. The maximum Gasteiger partial charge on any atom is 0.679 e. The van der Waals surface area contributed by atoms with Gasteiger partial charge in [0, 0.05) is 42.7 Å². The Hall–Kier alpha value is -0.189. The maximum atomic E-state index is 7.21. The van der Waals surface area contributed by atoms with Gasteiger partial charge in [-0.2, -0.15) is 0 Å². The minimum absolute atomic E-state index is 0.576. The summed E-state index contributed by atoms with van der Waals surface area (Å²) in [7, 11) is -0.390. The van der Waals surface area contributed by atoms with Gasteiger partial charge < -0.3 is 35.4 Å². The summed E-state index contributed by atoms with van der Waals surface area (Å²) < 4.78 is 49.3. The van der Waals surface area contributed by atoms with E-state index in [4.69, 9.17) is 35.4 Å². The van der Waals surface area contributed by atoms with Crippen LogP contribution in [0.1, 0.15) is 66.2 Å². The lowest BCUT2D eigenvalue weighted by Crippen LogP contribution is -2.74. The van der Waals surface area contributed by atoms with Crippen molar-refractivity contribution < 1.29 is 35.4 Å². The topological polar surface area (TPSA) is 73.8 Å². The molecule has 196 valence electrons. The van der Waals surface area contributed by atoms with Crippen molar-refractivity contribution in [3.05, 3.63) is 24.6 Å². The maximum absolute atomic E-state index is 7.21. The Kier molecular flexibility index (Phi) is 14.3. The molecule has 0 radical (unpaired) electrons. The van der Waals surface area contributed by atoms with Gasteiger partial charge in [0.1, 0.15) is 10.4 Å². The van der Waals surface area contributed by atoms with Gasteiger partial charge in [-0.1, -0.05) is 40.5 Å². The molecule has 3 atom stereocenters. The monoisotopic (exact) mass is 524 g/mol. The molecule has 0 aliphatic rings. The lowest BCUT2D eigenvalue weighted by atomic mass is 10.1. The fourth-order valence-corrected chi connectivity index (χ4v) is 14.1. The van der Waals surface area contributed by atoms with Gasteiger partial charge in [0.2, 0.25) is 0 Å². The fourth-order valence-electron chi connectivity index (χ4n) is 4.74. The third kappa shape index (κ3) is 6.15. The van der Waals surface area contributed by atoms with Crippen LogP contribution in [0.25, 0.3) is 0 Å². The van der Waals surface area contributed by atoms with Crippen LogP contribution in [0.2, 0.25) is 0 Å². The minimum atomic E-state index is -3.47. The molecule has 0 spiro atoms. The zero-order valence-corrected chi connectivity index (χ0v) is 25.6. The molecule has 0 heterocycles. The SMILES string of the molecule is C=C[Si](OC)(OC)C(CC)(CCC)O[Si](C=C)(OC)C(CC)(CCC)O[Si](OC)(OC)OC. The van der Waals surface area contributed by atoms with Gasteiger partial charge in [-0.15, -0.1) is 13.2 Å². The number of hydrogen-bond acceptors (Lipinski definition) is 8. The molecule has 0 aromatic rings. The second-order valence-electron chi connectivity index (χ2n) is 7.87. The summed E-state index contributed by atoms with van der Waals surface area (Å²) in [6, 6.07) is 0. The molecule has 0 aromatic heterocycles. The molecule has 0 saturated carbocycles. The Bertz CT molecular complexity index is 580. The molecule has 0 fully saturated rings. The van der Waals surface area contributed by atoms with E-state index in [1.807, 2.05) is 6.92 Å². The smallest absolute Gasteiger partial charge is 0.393 e. The van der Waals surface area contributed by atoms with Crippen molar-refractivity contribution in [1.82, 2.24) is 0 Å². The van der Waals surface area contributed by atoms with E-state index >= 15 is 0 Å². The Labute approximate surface area is 205 Å². The molecule has 0 aliphatic carbocycles. The second-order valence-corrected chi connectivity index (χ2v) is 17.0. The summed E-state index contributed by atoms with van der Waals surface area (Å²) in [6.45, 7) is 16.6. The van der Waals surface area contributed by atoms with Crippen LogP contribution < -0.4 is 0 Å².